The molecule has 0 aliphatic heterocycles. The van der Waals surface area contributed by atoms with Gasteiger partial charge >= 0.3 is 2.85 Å². The summed E-state index contributed by atoms with van der Waals surface area (Å²) in [7, 11) is 0. The second-order valence-corrected chi connectivity index (χ2v) is 43.9. The van der Waals surface area contributed by atoms with Gasteiger partial charge in [-0.05, 0) is 285 Å². The zero-order chi connectivity index (χ0) is 74.0. The lowest BCUT2D eigenvalue weighted by molar-refractivity contribution is -0.0466. The van der Waals surface area contributed by atoms with Crippen LogP contribution in [0.2, 0.25) is 0 Å². The molecule has 0 saturated heterocycles. The van der Waals surface area contributed by atoms with Crippen LogP contribution >= 0.6 is 0 Å². The van der Waals surface area contributed by atoms with Crippen LogP contribution in [0.1, 0.15) is 369 Å². The van der Waals surface area contributed by atoms with Gasteiger partial charge in [-0.1, -0.05) is 169 Å². The molecule has 23 aliphatic rings. The van der Waals surface area contributed by atoms with Gasteiger partial charge in [0.15, 0.2) is 0 Å². The molecule has 0 amide bonds. The first-order valence-electron chi connectivity index (χ1n) is 43.3. The summed E-state index contributed by atoms with van der Waals surface area (Å²) in [6.45, 7) is 77.9. The van der Waals surface area contributed by atoms with Gasteiger partial charge in [0.1, 0.15) is 34.5 Å². The summed E-state index contributed by atoms with van der Waals surface area (Å²) in [5.41, 5.74) is 14.5. The lowest BCUT2D eigenvalue weighted by Crippen LogP contribution is -2.50. The first-order valence-corrected chi connectivity index (χ1v) is 43.3. The largest absolute Gasteiger partial charge is 1.00 e. The third kappa shape index (κ3) is 16.5. The highest BCUT2D eigenvalue weighted by Crippen LogP contribution is 2.68. The van der Waals surface area contributed by atoms with E-state index in [2.05, 4.69) is 231 Å². The minimum atomic E-state index is 0. The zero-order valence-corrected chi connectivity index (χ0v) is 71.5. The normalized spacial score (nSPS) is 40.7. The summed E-state index contributed by atoms with van der Waals surface area (Å²) >= 11 is 0. The molecule has 0 spiro atoms. The summed E-state index contributed by atoms with van der Waals surface area (Å²) in [5, 5.41) is 0. The molecule has 0 aromatic carbocycles. The van der Waals surface area contributed by atoms with E-state index in [4.69, 9.17) is 0 Å². The smallest absolute Gasteiger partial charge is 0.0998 e. The van der Waals surface area contributed by atoms with Crippen LogP contribution in [0.15, 0.2) is 71.9 Å². The van der Waals surface area contributed by atoms with E-state index in [0.717, 1.165) is 107 Å². The second-order valence-electron chi connectivity index (χ2n) is 43.9. The van der Waals surface area contributed by atoms with Crippen LogP contribution in [0.5, 0.6) is 0 Å². The fourth-order valence-corrected chi connectivity index (χ4v) is 25.5. The average Bonchev–Trinajstić information content (AvgIpc) is 1.16. The molecule has 19 atom stereocenters. The maximum atomic E-state index is 4.19. The summed E-state index contributed by atoms with van der Waals surface area (Å²) in [5.74, 6) is 24.3. The van der Waals surface area contributed by atoms with E-state index in [0.29, 0.717) is 48.7 Å². The maximum Gasteiger partial charge on any atom is 1.00 e. The number of allylic oxidation sites excluding steroid dienone is 8. The summed E-state index contributed by atoms with van der Waals surface area (Å²) < 4.78 is 0. The molecule has 0 aromatic heterocycles. The summed E-state index contributed by atoms with van der Waals surface area (Å²) in [6, 6.07) is 0. The number of hydrogen-bond acceptors (Lipinski definition) is 0. The Kier molecular flexibility index (Phi) is 25.4. The molecule has 0 heteroatoms. The van der Waals surface area contributed by atoms with E-state index < -0.39 is 0 Å². The highest BCUT2D eigenvalue weighted by atomic mass is 14.6. The molecule has 16 bridgehead atoms. The van der Waals surface area contributed by atoms with Gasteiger partial charge in [0.2, 0.25) is 0 Å². The molecule has 23 rings (SSSR count). The molecule has 100 heavy (non-hydrogen) atoms. The van der Waals surface area contributed by atoms with Crippen LogP contribution in [-0.4, -0.2) is 0 Å². The number of hydrogen-bond donors (Lipinski definition) is 0. The molecule has 20 saturated carbocycles. The number of rotatable bonds is 2. The van der Waals surface area contributed by atoms with Gasteiger partial charge in [-0.3, -0.25) is 0 Å². The van der Waals surface area contributed by atoms with Gasteiger partial charge in [-0.15, -0.1) is 0 Å². The topological polar surface area (TPSA) is 0 Å². The van der Waals surface area contributed by atoms with E-state index in [1.165, 1.54) is 208 Å². The van der Waals surface area contributed by atoms with Gasteiger partial charge in [-0.2, -0.15) is 0 Å². The van der Waals surface area contributed by atoms with Gasteiger partial charge in [0, 0.05) is 39.4 Å². The lowest BCUT2D eigenvalue weighted by Gasteiger charge is -2.57. The molecule has 23 aliphatic carbocycles. The Morgan fingerprint density at radius 1 is 0.470 bits per heavy atom. The van der Waals surface area contributed by atoms with E-state index >= 15 is 0 Å². The quantitative estimate of drug-likeness (QED) is 0.191. The number of fused-ring (bicyclic) bond motifs is 15. The first-order chi connectivity index (χ1) is 46.3. The Morgan fingerprint density at radius 3 is 1.22 bits per heavy atom. The van der Waals surface area contributed by atoms with Crippen molar-refractivity contribution in [3.63, 3.8) is 0 Å². The average molecular weight is 1370 g/mol. The van der Waals surface area contributed by atoms with Crippen LogP contribution in [-0.2, 0) is 0 Å². The van der Waals surface area contributed by atoms with Gasteiger partial charge < -0.3 is 0 Å². The van der Waals surface area contributed by atoms with Crippen molar-refractivity contribution in [3.8, 4) is 0 Å². The molecule has 560 valence electrons. The Labute approximate surface area is 629 Å². The molecular weight excluding hydrogens is 1200 g/mol. The van der Waals surface area contributed by atoms with Crippen LogP contribution in [0.3, 0.4) is 0 Å². The van der Waals surface area contributed by atoms with Crippen LogP contribution in [0.25, 0.3) is 0 Å². The highest BCUT2D eigenvalue weighted by molar-refractivity contribution is 5.25. The summed E-state index contributed by atoms with van der Waals surface area (Å²) in [6.07, 6.45) is 50.7. The SMILES string of the molecule is C=C(C)C1CC=C(C)CC1.C=C(C)C1C[CH+]C(C)CC1.C=C1C2CCC(C2)C1(C)C.C=C1CCC2CC1C2(C)C.CC12[CH+]CC(CC1)C2(C)C.CC1=CCC2CC1C2(C)C.C[C+]1C2CCC(C2)C1(C)C.C[C+]1CCC2CC1C2(C)C.C[C+]1CCC2CC1C2(C)C.C[C+]1CCC2CC1C2(C)C.[H+].[H+]. The fourth-order valence-electron chi connectivity index (χ4n) is 25.5. The van der Waals surface area contributed by atoms with Crippen LogP contribution in [0, 0.1) is 192 Å². The van der Waals surface area contributed by atoms with Crippen molar-refractivity contribution in [1.82, 2.24) is 0 Å². The fraction of sp³-hybridized carbons (Fsp3) is 0.820. The molecule has 0 nitrogen and oxygen atoms in total. The van der Waals surface area contributed by atoms with Crippen molar-refractivity contribution in [1.29, 1.82) is 0 Å². The van der Waals surface area contributed by atoms with Gasteiger partial charge in [0.25, 0.3) is 0 Å². The van der Waals surface area contributed by atoms with Gasteiger partial charge in [-0.25, -0.2) is 0 Å². The monoisotopic (exact) mass is 1370 g/mol. The lowest BCUT2D eigenvalue weighted by atomic mass is 9.46. The van der Waals surface area contributed by atoms with E-state index in [-0.39, 0.29) is 2.85 Å². The van der Waals surface area contributed by atoms with E-state index in [1.807, 2.05) is 0 Å². The van der Waals surface area contributed by atoms with Crippen molar-refractivity contribution in [2.24, 2.45) is 155 Å². The van der Waals surface area contributed by atoms with Crippen molar-refractivity contribution in [2.75, 3.05) is 0 Å². The predicted molar refractivity (Wildman–Crippen MR) is 443 cm³/mol. The molecule has 0 heterocycles. The van der Waals surface area contributed by atoms with E-state index in [9.17, 15) is 0 Å². The highest BCUT2D eigenvalue weighted by Gasteiger charge is 2.65. The van der Waals surface area contributed by atoms with Crippen molar-refractivity contribution < 1.29 is 2.85 Å². The Hall–Kier alpha value is -2.34. The van der Waals surface area contributed by atoms with Crippen molar-refractivity contribution >= 4 is 0 Å². The Bertz CT molecular complexity index is 2730. The van der Waals surface area contributed by atoms with Crippen LogP contribution in [0.4, 0.5) is 0 Å². The first kappa shape index (κ1) is 81.7. The second kappa shape index (κ2) is 31.1. The minimum Gasteiger partial charge on any atom is -0.0998 e. The molecule has 20 fully saturated rings. The zero-order valence-electron chi connectivity index (χ0n) is 73.5. The Balaban J connectivity index is 0.000000158. The molecule has 0 aromatic rings. The Morgan fingerprint density at radius 2 is 0.980 bits per heavy atom. The van der Waals surface area contributed by atoms with Crippen LogP contribution < -0.4 is 0 Å². The van der Waals surface area contributed by atoms with Crippen molar-refractivity contribution in [2.45, 2.75) is 366 Å². The standard InChI is InChI=1S/2C10H17.C10H16.3C10H17.2C10H16.C10H17.C10H16/c1-9(2)8-4-6-10(9,3)7-5-8;2*1-7-8-4-5-9(6-8)10(7,2)3;5*1-7-4-5-8-6-9(7)10(8,2)3;2*1-8(2)10-6-4-9(3)5-7-10/h6,8H,4-5,7H2,1-3H3;8-9H,4-6H2,1-3H3;8-9H,1,4-6H2,2-3H3;3*8-9H,4-6H2,1-3H3;4,8-9H,5-6H2,1-3H3;8-9H,1,4-6H2,2-3H3;4,9-10H,1,5-7H2,2-3H3;4,10H,1,5-7H2,2-3H3/q2*+1;;3*+1;;;+1;/p+2. The minimum absolute atomic E-state index is 0. The third-order valence-corrected chi connectivity index (χ3v) is 36.4. The molecule has 0 N–H and O–H groups in total. The maximum absolute atomic E-state index is 4.19. The predicted octanol–water partition coefficient (Wildman–Crippen LogP) is 30.9. The van der Waals surface area contributed by atoms with E-state index in [1.54, 1.807) is 34.8 Å². The summed E-state index contributed by atoms with van der Waals surface area (Å²) in [4.78, 5) is 0. The molecule has 19 unspecified atom stereocenters. The van der Waals surface area contributed by atoms with Gasteiger partial charge in [0.05, 0.1) is 102 Å². The van der Waals surface area contributed by atoms with Crippen molar-refractivity contribution in [3.05, 3.63) is 108 Å². The third-order valence-electron chi connectivity index (χ3n) is 36.4. The molecule has 0 radical (unpaired) electrons. The molecular formula is C100H168+8.